The van der Waals surface area contributed by atoms with E-state index in [4.69, 9.17) is 5.73 Å². The Morgan fingerprint density at radius 1 is 0.849 bits per heavy atom. The van der Waals surface area contributed by atoms with Crippen LogP contribution in [0.4, 0.5) is 0 Å². The van der Waals surface area contributed by atoms with E-state index in [2.05, 4.69) is 97.8 Å². The number of aromatic amines is 1. The molecule has 4 aromatic rings. The molecule has 0 spiro atoms. The standard InChI is InChI=1S/C63H81N3O7/c1-4-5-7-12-39-19-22-44(56(68)31-39)15-10-11-16-45-23-25-49(54-33-47(29-41-27-28-65-58(64)32-41)53-26-24-46(37-63(53,54)73)61(70)59(45)62(71)72)55-36-50(43-13-8-6-9-14-43)60(66-55)52-34-48(67)35-57(69)51(52)30-40-17-20-42(21-18-40)38(2)3/h6,8-9,13-14,17-22,24,26-27,32,34-36,38-39,44-47,49,53-54,56,59,61,65-70,73H,4-5,7,10-12,15-16,23,25,28-31,33,37,64H2,1-3H3,(H,71,72). The summed E-state index contributed by atoms with van der Waals surface area (Å²) >= 11 is 0. The fraction of sp³-hybridized carbons (Fsp3) is 0.508. The van der Waals surface area contributed by atoms with Gasteiger partial charge in [0.15, 0.2) is 0 Å². The van der Waals surface area contributed by atoms with Crippen molar-refractivity contribution < 1.29 is 35.4 Å². The molecule has 2 heterocycles. The lowest BCUT2D eigenvalue weighted by Crippen LogP contribution is -2.50. The first-order valence-corrected chi connectivity index (χ1v) is 27.7. The van der Waals surface area contributed by atoms with Gasteiger partial charge in [-0.15, -0.1) is 0 Å². The van der Waals surface area contributed by atoms with Crippen LogP contribution >= 0.6 is 0 Å². The van der Waals surface area contributed by atoms with Gasteiger partial charge in [0, 0.05) is 65.1 Å². The van der Waals surface area contributed by atoms with Crippen LogP contribution in [0.25, 0.3) is 22.4 Å². The van der Waals surface area contributed by atoms with E-state index in [1.165, 1.54) is 30.9 Å². The van der Waals surface area contributed by atoms with Crippen molar-refractivity contribution in [1.82, 2.24) is 10.3 Å². The molecular formula is C63H81N3O7. The number of rotatable bonds is 18. The predicted octanol–water partition coefficient (Wildman–Crippen LogP) is 12.0. The first kappa shape index (κ1) is 52.3. The second-order valence-electron chi connectivity index (χ2n) is 23.0. The third-order valence-electron chi connectivity index (χ3n) is 17.9. The second-order valence-corrected chi connectivity index (χ2v) is 23.0. The van der Waals surface area contributed by atoms with Crippen molar-refractivity contribution in [3.05, 3.63) is 143 Å². The molecule has 3 aromatic carbocycles. The Bertz CT molecular complexity index is 2650. The van der Waals surface area contributed by atoms with Gasteiger partial charge in [-0.25, -0.2) is 0 Å². The van der Waals surface area contributed by atoms with Crippen LogP contribution in [0, 0.1) is 47.3 Å². The molecule has 0 amide bonds. The molecular weight excluding hydrogens is 911 g/mol. The molecule has 0 radical (unpaired) electrons. The van der Waals surface area contributed by atoms with E-state index >= 15 is 0 Å². The molecule has 73 heavy (non-hydrogen) atoms. The molecule has 1 aliphatic heterocycles. The number of carboxylic acids is 1. The Morgan fingerprint density at radius 2 is 1.62 bits per heavy atom. The average Bonchev–Trinajstić information content (AvgIpc) is 3.93. The number of carboxylic acid groups (broad SMARTS) is 1. The number of unbranched alkanes of at least 4 members (excludes halogenated alkanes) is 3. The first-order chi connectivity index (χ1) is 35.2. The SMILES string of the molecule is CCCCCC1C=CC(CCCCC2CCC(c3cc(-c4ccccc4)c(-c4cc(O)cc(O)c4Cc4ccc(C(C)C)cc4)[nH]3)C3CC(CC4=CCNC(N)=C4)C4C=CC(CC43O)C(O)C2C(=O)O)C(O)C1. The molecule has 10 N–H and O–H groups in total. The number of carbonyl (C=O) groups is 1. The van der Waals surface area contributed by atoms with E-state index in [1.807, 2.05) is 30.4 Å². The number of benzene rings is 3. The number of nitrogens with two attached hydrogens (primary N) is 1. The second kappa shape index (κ2) is 22.9. The van der Waals surface area contributed by atoms with Gasteiger partial charge in [0.05, 0.1) is 35.2 Å². The Labute approximate surface area is 433 Å². The van der Waals surface area contributed by atoms with Crippen LogP contribution in [-0.4, -0.2) is 65.9 Å². The highest BCUT2D eigenvalue weighted by Gasteiger charge is 2.59. The summed E-state index contributed by atoms with van der Waals surface area (Å²) < 4.78 is 0. The Balaban J connectivity index is 1.10. The summed E-state index contributed by atoms with van der Waals surface area (Å²) in [4.78, 5) is 17.5. The van der Waals surface area contributed by atoms with Crippen LogP contribution in [-0.2, 0) is 11.2 Å². The van der Waals surface area contributed by atoms with Crippen LogP contribution in [0.1, 0.15) is 145 Å². The van der Waals surface area contributed by atoms with Crippen LogP contribution < -0.4 is 11.1 Å². The number of hydrogen-bond acceptors (Lipinski definition) is 8. The number of fused-ring (bicyclic) bond motifs is 1. The molecule has 10 nitrogen and oxygen atoms in total. The van der Waals surface area contributed by atoms with Crippen LogP contribution in [0.5, 0.6) is 11.5 Å². The average molecular weight is 992 g/mol. The van der Waals surface area contributed by atoms with Crippen LogP contribution in [0.15, 0.2) is 121 Å². The van der Waals surface area contributed by atoms with Gasteiger partial charge in [-0.2, -0.15) is 0 Å². The Kier molecular flexibility index (Phi) is 16.4. The van der Waals surface area contributed by atoms with Crippen molar-refractivity contribution in [1.29, 1.82) is 0 Å². The van der Waals surface area contributed by atoms with Gasteiger partial charge in [0.25, 0.3) is 0 Å². The molecule has 5 aliphatic rings. The topological polar surface area (TPSA) is 192 Å². The maximum atomic E-state index is 13.6. The van der Waals surface area contributed by atoms with E-state index in [-0.39, 0.29) is 59.5 Å². The van der Waals surface area contributed by atoms with Crippen molar-refractivity contribution in [2.75, 3.05) is 6.54 Å². The first-order valence-electron chi connectivity index (χ1n) is 27.7. The Hall–Kier alpha value is -5.55. The lowest BCUT2D eigenvalue weighted by molar-refractivity contribution is -0.153. The number of aliphatic hydroxyl groups excluding tert-OH is 2. The van der Waals surface area contributed by atoms with Gasteiger partial charge in [-0.3, -0.25) is 4.79 Å². The number of allylic oxidation sites excluding steroid dienone is 3. The highest BCUT2D eigenvalue weighted by Crippen LogP contribution is 2.60. The summed E-state index contributed by atoms with van der Waals surface area (Å²) in [7, 11) is 0. The summed E-state index contributed by atoms with van der Waals surface area (Å²) in [5, 5.41) is 74.3. The number of hydrogen-bond donors (Lipinski definition) is 9. The molecule has 1 aromatic heterocycles. The fourth-order valence-electron chi connectivity index (χ4n) is 14.0. The van der Waals surface area contributed by atoms with Crippen molar-refractivity contribution >= 4 is 5.97 Å². The highest BCUT2D eigenvalue weighted by atomic mass is 16.4. The van der Waals surface area contributed by atoms with E-state index in [0.717, 1.165) is 72.2 Å². The van der Waals surface area contributed by atoms with Crippen molar-refractivity contribution in [3.63, 3.8) is 0 Å². The normalized spacial score (nSPS) is 29.9. The summed E-state index contributed by atoms with van der Waals surface area (Å²) in [5.41, 5.74) is 13.3. The third kappa shape index (κ3) is 11.6. The number of aromatic nitrogens is 1. The van der Waals surface area contributed by atoms with Gasteiger partial charge >= 0.3 is 5.97 Å². The van der Waals surface area contributed by atoms with Crippen molar-refractivity contribution in [2.45, 2.75) is 147 Å². The number of nitrogens with one attached hydrogen (secondary N) is 2. The van der Waals surface area contributed by atoms with Gasteiger partial charge in [0.1, 0.15) is 11.5 Å². The number of H-pyrrole nitrogens is 1. The summed E-state index contributed by atoms with van der Waals surface area (Å²) in [6, 6.07) is 23.9. The zero-order valence-corrected chi connectivity index (χ0v) is 43.3. The molecule has 390 valence electrons. The fourth-order valence-corrected chi connectivity index (χ4v) is 14.0. The number of dihydropyridines is 1. The van der Waals surface area contributed by atoms with Crippen molar-refractivity contribution in [3.8, 4) is 33.9 Å². The van der Waals surface area contributed by atoms with E-state index < -0.39 is 29.5 Å². The molecule has 2 saturated carbocycles. The summed E-state index contributed by atoms with van der Waals surface area (Å²) in [6.07, 6.45) is 22.9. The Morgan fingerprint density at radius 3 is 2.34 bits per heavy atom. The smallest absolute Gasteiger partial charge is 0.309 e. The molecule has 10 heteroatoms. The molecule has 4 aliphatic carbocycles. The zero-order chi connectivity index (χ0) is 51.4. The van der Waals surface area contributed by atoms with Crippen LogP contribution in [0.3, 0.4) is 0 Å². The van der Waals surface area contributed by atoms with E-state index in [0.29, 0.717) is 67.4 Å². The van der Waals surface area contributed by atoms with E-state index in [9.17, 15) is 35.4 Å². The quantitative estimate of drug-likeness (QED) is 0.0345. The van der Waals surface area contributed by atoms with Gasteiger partial charge in [-0.05, 0) is 128 Å². The molecule has 2 bridgehead atoms. The van der Waals surface area contributed by atoms with Gasteiger partial charge in [0.2, 0.25) is 0 Å². The molecule has 12 atom stereocenters. The number of aliphatic hydroxyl groups is 3. The minimum absolute atomic E-state index is 0.00347. The number of aromatic hydroxyl groups is 2. The molecule has 2 fully saturated rings. The predicted molar refractivity (Wildman–Crippen MR) is 291 cm³/mol. The number of aliphatic carboxylic acids is 1. The molecule has 9 rings (SSSR count). The van der Waals surface area contributed by atoms with Crippen molar-refractivity contribution in [2.24, 2.45) is 53.1 Å². The molecule has 0 saturated heterocycles. The summed E-state index contributed by atoms with van der Waals surface area (Å²) in [5.74, 6) is -2.19. The lowest BCUT2D eigenvalue weighted by Gasteiger charge is -2.46. The third-order valence-corrected chi connectivity index (χ3v) is 17.9. The maximum absolute atomic E-state index is 13.6. The minimum Gasteiger partial charge on any atom is -0.508 e. The monoisotopic (exact) mass is 992 g/mol. The zero-order valence-electron chi connectivity index (χ0n) is 43.3. The highest BCUT2D eigenvalue weighted by molar-refractivity contribution is 5.85. The van der Waals surface area contributed by atoms with Gasteiger partial charge in [-0.1, -0.05) is 138 Å². The number of phenolic OH excluding ortho intramolecular Hbond substituents is 2. The molecule has 12 unspecified atom stereocenters. The maximum Gasteiger partial charge on any atom is 0.309 e. The van der Waals surface area contributed by atoms with E-state index in [1.54, 1.807) is 6.07 Å². The van der Waals surface area contributed by atoms with Gasteiger partial charge < -0.3 is 46.7 Å². The largest absolute Gasteiger partial charge is 0.508 e. The minimum atomic E-state index is -1.26. The summed E-state index contributed by atoms with van der Waals surface area (Å²) in [6.45, 7) is 7.18. The lowest BCUT2D eigenvalue weighted by atomic mass is 9.62. The number of phenols is 2. The van der Waals surface area contributed by atoms with Crippen LogP contribution in [0.2, 0.25) is 0 Å².